The molecule has 0 radical (unpaired) electrons. The molecule has 2 aromatic carbocycles. The van der Waals surface area contributed by atoms with Crippen LogP contribution in [-0.4, -0.2) is 49.2 Å². The zero-order valence-corrected chi connectivity index (χ0v) is 19.0. The highest BCUT2D eigenvalue weighted by Gasteiger charge is 2.40. The lowest BCUT2D eigenvalue weighted by molar-refractivity contribution is 0.0174. The van der Waals surface area contributed by atoms with E-state index in [2.05, 4.69) is 32.6 Å². The summed E-state index contributed by atoms with van der Waals surface area (Å²) in [6.07, 6.45) is 2.84. The van der Waals surface area contributed by atoms with Gasteiger partial charge in [-0.25, -0.2) is 13.6 Å². The maximum atomic E-state index is 14.0. The Morgan fingerprint density at radius 3 is 2.53 bits per heavy atom. The van der Waals surface area contributed by atoms with Crippen molar-refractivity contribution >= 4 is 29.2 Å². The Bertz CT molecular complexity index is 1020. The number of likely N-dealkylation sites (tertiary alicyclic amines) is 1. The van der Waals surface area contributed by atoms with Gasteiger partial charge in [-0.2, -0.15) is 0 Å². The molecule has 0 unspecified atom stereocenters. The van der Waals surface area contributed by atoms with Crippen LogP contribution >= 0.6 is 11.8 Å². The van der Waals surface area contributed by atoms with Crippen LogP contribution in [0.2, 0.25) is 0 Å². The highest BCUT2D eigenvalue weighted by atomic mass is 32.2. The van der Waals surface area contributed by atoms with Gasteiger partial charge in [0.15, 0.2) is 0 Å². The number of hydrogen-bond acceptors (Lipinski definition) is 4. The highest BCUT2D eigenvalue weighted by Crippen LogP contribution is 2.49. The first-order valence-corrected chi connectivity index (χ1v) is 12.0. The van der Waals surface area contributed by atoms with Crippen molar-refractivity contribution in [2.75, 3.05) is 37.6 Å². The Morgan fingerprint density at radius 1 is 1.06 bits per heavy atom. The van der Waals surface area contributed by atoms with E-state index in [4.69, 9.17) is 0 Å². The van der Waals surface area contributed by atoms with Gasteiger partial charge in [0.1, 0.15) is 0 Å². The molecule has 2 saturated heterocycles. The first-order chi connectivity index (χ1) is 15.3. The van der Waals surface area contributed by atoms with Crippen molar-refractivity contribution in [2.45, 2.75) is 47.4 Å². The van der Waals surface area contributed by atoms with Gasteiger partial charge >= 0.3 is 6.03 Å². The number of alkyl halides is 2. The molecular weight excluding hydrogens is 430 g/mol. The van der Waals surface area contributed by atoms with Gasteiger partial charge in [-0.05, 0) is 50.1 Å². The summed E-state index contributed by atoms with van der Waals surface area (Å²) in [6.45, 7) is 5.29. The standard InChI is InChI=1S/C24H28F2N4OS/c1-23(25,26)17-7-8-21-19(15-17)30(18-5-2-3-6-20(18)32-21)12-4-11-29-13-9-24(10-14-29)16-27-22(31)28-24/h2-3,5-8,15H,4,9-14,16H2,1H3,(H2,27,28,31). The summed E-state index contributed by atoms with van der Waals surface area (Å²) in [5, 5.41) is 5.97. The number of piperidine rings is 1. The van der Waals surface area contributed by atoms with Crippen molar-refractivity contribution in [3.05, 3.63) is 48.0 Å². The average Bonchev–Trinajstić information content (AvgIpc) is 3.13. The molecule has 0 saturated carbocycles. The van der Waals surface area contributed by atoms with Gasteiger partial charge in [0.25, 0.3) is 5.92 Å². The van der Waals surface area contributed by atoms with Gasteiger partial charge < -0.3 is 20.4 Å². The van der Waals surface area contributed by atoms with Crippen LogP contribution < -0.4 is 15.5 Å². The fourth-order valence-corrected chi connectivity index (χ4v) is 5.96. The van der Waals surface area contributed by atoms with E-state index >= 15 is 0 Å². The van der Waals surface area contributed by atoms with Crippen LogP contribution in [0.25, 0.3) is 0 Å². The van der Waals surface area contributed by atoms with E-state index in [-0.39, 0.29) is 17.1 Å². The van der Waals surface area contributed by atoms with E-state index in [0.29, 0.717) is 6.54 Å². The number of urea groups is 1. The summed E-state index contributed by atoms with van der Waals surface area (Å²) in [5.74, 6) is -2.86. The molecule has 32 heavy (non-hydrogen) atoms. The van der Waals surface area contributed by atoms with E-state index in [1.165, 1.54) is 6.07 Å². The van der Waals surface area contributed by atoms with Crippen LogP contribution in [0.3, 0.4) is 0 Å². The van der Waals surface area contributed by atoms with Crippen LogP contribution in [-0.2, 0) is 5.92 Å². The molecule has 0 aliphatic carbocycles. The smallest absolute Gasteiger partial charge is 0.315 e. The van der Waals surface area contributed by atoms with Crippen molar-refractivity contribution in [3.63, 3.8) is 0 Å². The van der Waals surface area contributed by atoms with E-state index in [0.717, 1.165) is 73.5 Å². The first kappa shape index (κ1) is 21.5. The number of anilines is 2. The molecule has 0 atom stereocenters. The van der Waals surface area contributed by atoms with Crippen molar-refractivity contribution in [3.8, 4) is 0 Å². The normalized spacial score (nSPS) is 20.0. The molecule has 170 valence electrons. The van der Waals surface area contributed by atoms with Crippen LogP contribution in [0, 0.1) is 0 Å². The third kappa shape index (κ3) is 4.18. The van der Waals surface area contributed by atoms with Crippen LogP contribution in [0.15, 0.2) is 52.3 Å². The Hall–Kier alpha value is -2.32. The Kier molecular flexibility index (Phi) is 5.53. The van der Waals surface area contributed by atoms with Crippen LogP contribution in [0.1, 0.15) is 31.7 Å². The maximum Gasteiger partial charge on any atom is 0.315 e. The third-order valence-corrected chi connectivity index (χ3v) is 7.90. The number of nitrogens with zero attached hydrogens (tertiary/aromatic N) is 2. The van der Waals surface area contributed by atoms with Crippen LogP contribution in [0.5, 0.6) is 0 Å². The second-order valence-electron chi connectivity index (χ2n) is 9.08. The van der Waals surface area contributed by atoms with Crippen molar-refractivity contribution in [1.29, 1.82) is 0 Å². The summed E-state index contributed by atoms with van der Waals surface area (Å²) in [6, 6.07) is 13.1. The summed E-state index contributed by atoms with van der Waals surface area (Å²) in [7, 11) is 0. The Labute approximate surface area is 191 Å². The summed E-state index contributed by atoms with van der Waals surface area (Å²) in [4.78, 5) is 18.4. The molecule has 5 nitrogen and oxygen atoms in total. The second-order valence-corrected chi connectivity index (χ2v) is 10.2. The molecule has 0 aromatic heterocycles. The zero-order chi connectivity index (χ0) is 22.3. The van der Waals surface area contributed by atoms with Gasteiger partial charge in [0.05, 0.1) is 16.9 Å². The van der Waals surface area contributed by atoms with E-state index in [1.807, 2.05) is 18.2 Å². The minimum atomic E-state index is -2.86. The van der Waals surface area contributed by atoms with E-state index < -0.39 is 5.92 Å². The number of halogens is 2. The maximum absolute atomic E-state index is 14.0. The molecule has 2 fully saturated rings. The molecule has 2 N–H and O–H groups in total. The quantitative estimate of drug-likeness (QED) is 0.667. The highest BCUT2D eigenvalue weighted by molar-refractivity contribution is 7.99. The van der Waals surface area contributed by atoms with E-state index in [1.54, 1.807) is 17.8 Å². The third-order valence-electron chi connectivity index (χ3n) is 6.77. The minimum absolute atomic E-state index is 0.0507. The fraction of sp³-hybridized carbons (Fsp3) is 0.458. The molecule has 0 bridgehead atoms. The Balaban J connectivity index is 1.28. The number of carbonyl (C=O) groups is 1. The molecule has 3 aliphatic heterocycles. The molecule has 3 aliphatic rings. The number of fused-ring (bicyclic) bond motifs is 2. The van der Waals surface area contributed by atoms with E-state index in [9.17, 15) is 13.6 Å². The molecule has 8 heteroatoms. The summed E-state index contributed by atoms with van der Waals surface area (Å²) in [5.41, 5.74) is 1.91. The molecule has 2 amide bonds. The van der Waals surface area contributed by atoms with Gasteiger partial charge in [0.2, 0.25) is 0 Å². The molecule has 1 spiro atoms. The number of para-hydroxylation sites is 1. The monoisotopic (exact) mass is 458 g/mol. The first-order valence-electron chi connectivity index (χ1n) is 11.2. The second kappa shape index (κ2) is 8.23. The largest absolute Gasteiger partial charge is 0.340 e. The topological polar surface area (TPSA) is 47.6 Å². The van der Waals surface area contributed by atoms with Crippen molar-refractivity contribution in [2.24, 2.45) is 0 Å². The number of benzene rings is 2. The molecular formula is C24H28F2N4OS. The lowest BCUT2D eigenvalue weighted by Crippen LogP contribution is -2.52. The zero-order valence-electron chi connectivity index (χ0n) is 18.2. The lowest BCUT2D eigenvalue weighted by atomic mass is 9.88. The van der Waals surface area contributed by atoms with Crippen LogP contribution in [0.4, 0.5) is 25.0 Å². The summed E-state index contributed by atoms with van der Waals surface area (Å²) < 4.78 is 28.1. The van der Waals surface area contributed by atoms with Crippen molar-refractivity contribution in [1.82, 2.24) is 15.5 Å². The van der Waals surface area contributed by atoms with Gasteiger partial charge in [0, 0.05) is 48.5 Å². The number of carbonyl (C=O) groups excluding carboxylic acids is 1. The fourth-order valence-electron chi connectivity index (χ4n) is 4.88. The SMILES string of the molecule is CC(F)(F)c1ccc2c(c1)N(CCCN1CCC3(CC1)CNC(=O)N3)c1ccccc1S2. The lowest BCUT2D eigenvalue weighted by Gasteiger charge is -2.39. The number of hydrogen-bond donors (Lipinski definition) is 2. The summed E-state index contributed by atoms with van der Waals surface area (Å²) >= 11 is 1.64. The minimum Gasteiger partial charge on any atom is -0.340 e. The molecule has 5 rings (SSSR count). The van der Waals surface area contributed by atoms with Crippen molar-refractivity contribution < 1.29 is 13.6 Å². The van der Waals surface area contributed by atoms with Gasteiger partial charge in [-0.15, -0.1) is 0 Å². The predicted molar refractivity (Wildman–Crippen MR) is 123 cm³/mol. The Morgan fingerprint density at radius 2 is 1.81 bits per heavy atom. The molecule has 2 aromatic rings. The average molecular weight is 459 g/mol. The molecule has 3 heterocycles. The number of rotatable bonds is 5. The number of amides is 2. The predicted octanol–water partition coefficient (Wildman–Crippen LogP) is 4.94. The van der Waals surface area contributed by atoms with Gasteiger partial charge in [-0.1, -0.05) is 30.0 Å². The number of nitrogens with one attached hydrogen (secondary N) is 2. The van der Waals surface area contributed by atoms with Gasteiger partial charge in [-0.3, -0.25) is 0 Å².